The van der Waals surface area contributed by atoms with E-state index in [2.05, 4.69) is 148 Å². The van der Waals surface area contributed by atoms with E-state index in [1.54, 1.807) is 0 Å². The number of unbranched alkanes of at least 4 members (excludes halogenated alkanes) is 18. The molecule has 0 N–H and O–H groups in total. The molecule has 4 aromatic carbocycles. The van der Waals surface area contributed by atoms with Crippen molar-refractivity contribution in [3.8, 4) is 0 Å². The number of halogens is 1. The number of fused-ring (bicyclic) bond motifs is 6. The Bertz CT molecular complexity index is 2360. The first-order valence-corrected chi connectivity index (χ1v) is 27.0. The van der Waals surface area contributed by atoms with Crippen molar-refractivity contribution in [3.05, 3.63) is 130 Å². The molecule has 2 heterocycles. The highest BCUT2D eigenvalue weighted by Gasteiger charge is 2.45. The SMILES string of the molecule is CCCCCCCCCCCCN1C(=C/C=C2\CCCC(C=CC3=[N+](CCCCCCCCCCCC)c4ccc5ccccc5c4C3(C)C)=C2Cl)C(C)(C)c2c1ccc1ccccc21. The first-order chi connectivity index (χ1) is 31.7. The molecule has 1 aliphatic carbocycles. The number of nitrogens with zero attached hydrogens (tertiary/aromatic N) is 2. The van der Waals surface area contributed by atoms with Crippen LogP contribution in [-0.4, -0.2) is 23.4 Å². The normalized spacial score (nSPS) is 18.1. The predicted octanol–water partition coefficient (Wildman–Crippen LogP) is 19.1. The fraction of sp³-hybridized carbons (Fsp3) is 0.532. The summed E-state index contributed by atoms with van der Waals surface area (Å²) in [5.74, 6) is 0. The summed E-state index contributed by atoms with van der Waals surface area (Å²) in [5.41, 5.74) is 10.8. The molecule has 65 heavy (non-hydrogen) atoms. The summed E-state index contributed by atoms with van der Waals surface area (Å²) in [6, 6.07) is 27.4. The number of hydrogen-bond donors (Lipinski definition) is 0. The van der Waals surface area contributed by atoms with Crippen LogP contribution in [0.5, 0.6) is 0 Å². The Labute approximate surface area is 401 Å². The van der Waals surface area contributed by atoms with Gasteiger partial charge in [-0.2, -0.15) is 4.58 Å². The fourth-order valence-corrected chi connectivity index (χ4v) is 11.9. The average Bonchev–Trinajstić information content (AvgIpc) is 3.67. The van der Waals surface area contributed by atoms with E-state index in [9.17, 15) is 0 Å². The Morgan fingerprint density at radius 2 is 1.09 bits per heavy atom. The molecule has 0 amide bonds. The van der Waals surface area contributed by atoms with E-state index in [0.717, 1.165) is 37.4 Å². The third-order valence-electron chi connectivity index (χ3n) is 15.3. The van der Waals surface area contributed by atoms with Gasteiger partial charge in [0.2, 0.25) is 5.69 Å². The Morgan fingerprint density at radius 1 is 0.554 bits per heavy atom. The smallest absolute Gasteiger partial charge is 0.210 e. The van der Waals surface area contributed by atoms with Gasteiger partial charge in [-0.15, -0.1) is 0 Å². The van der Waals surface area contributed by atoms with Crippen molar-refractivity contribution in [2.75, 3.05) is 18.0 Å². The predicted molar refractivity (Wildman–Crippen MR) is 287 cm³/mol. The molecule has 0 fully saturated rings. The molecule has 348 valence electrons. The van der Waals surface area contributed by atoms with Gasteiger partial charge in [0.05, 0.1) is 5.41 Å². The van der Waals surface area contributed by atoms with Crippen LogP contribution in [0, 0.1) is 0 Å². The van der Waals surface area contributed by atoms with Crippen LogP contribution in [-0.2, 0) is 10.8 Å². The molecule has 0 saturated carbocycles. The van der Waals surface area contributed by atoms with E-state index in [4.69, 9.17) is 11.6 Å². The zero-order chi connectivity index (χ0) is 45.7. The van der Waals surface area contributed by atoms with Gasteiger partial charge in [0.1, 0.15) is 6.54 Å². The van der Waals surface area contributed by atoms with Crippen LogP contribution in [0.4, 0.5) is 11.4 Å². The molecule has 2 nitrogen and oxygen atoms in total. The summed E-state index contributed by atoms with van der Waals surface area (Å²) in [5, 5.41) is 6.37. The van der Waals surface area contributed by atoms with Crippen molar-refractivity contribution in [1.82, 2.24) is 0 Å². The Balaban J connectivity index is 1.11. The third-order valence-corrected chi connectivity index (χ3v) is 15.8. The highest BCUT2D eigenvalue weighted by molar-refractivity contribution is 6.32. The summed E-state index contributed by atoms with van der Waals surface area (Å²) >= 11 is 7.52. The number of benzene rings is 4. The van der Waals surface area contributed by atoms with E-state index in [0.29, 0.717) is 0 Å². The maximum absolute atomic E-state index is 7.52. The van der Waals surface area contributed by atoms with Gasteiger partial charge in [0.15, 0.2) is 5.71 Å². The van der Waals surface area contributed by atoms with E-state index < -0.39 is 0 Å². The van der Waals surface area contributed by atoms with Crippen molar-refractivity contribution < 1.29 is 4.58 Å². The van der Waals surface area contributed by atoms with Crippen LogP contribution in [0.2, 0.25) is 0 Å². The monoisotopic (exact) mass is 892 g/mol. The summed E-state index contributed by atoms with van der Waals surface area (Å²) in [4.78, 5) is 2.66. The first kappa shape index (κ1) is 49.0. The van der Waals surface area contributed by atoms with E-state index in [1.165, 1.54) is 195 Å². The van der Waals surface area contributed by atoms with Gasteiger partial charge in [-0.1, -0.05) is 215 Å². The second-order valence-electron chi connectivity index (χ2n) is 20.9. The second-order valence-corrected chi connectivity index (χ2v) is 21.3. The lowest BCUT2D eigenvalue weighted by Gasteiger charge is -2.27. The molecular formula is C62H84ClN2+. The van der Waals surface area contributed by atoms with Crippen LogP contribution < -0.4 is 4.90 Å². The van der Waals surface area contributed by atoms with Crippen molar-refractivity contribution in [2.45, 2.75) is 200 Å². The molecule has 0 aromatic heterocycles. The standard InChI is InChI=1S/C62H84ClN2/c1-7-9-11-13-15-17-19-21-23-29-46-64-54-42-38-48-32-25-27-36-52(48)58(54)61(3,4)56(64)44-40-50-34-31-35-51(60(50)63)41-45-57-62(5,6)59-53-37-28-26-33-49(53)39-43-55(59)65(57)47-30-24-22-20-18-16-14-12-10-8-2/h25-28,32-33,36-45H,7-24,29-31,34-35,46-47H2,1-6H3/q+1. The topological polar surface area (TPSA) is 6.25 Å². The van der Waals surface area contributed by atoms with E-state index >= 15 is 0 Å². The molecule has 0 spiro atoms. The largest absolute Gasteiger partial charge is 0.344 e. The van der Waals surface area contributed by atoms with Crippen molar-refractivity contribution in [1.29, 1.82) is 0 Å². The second kappa shape index (κ2) is 23.7. The minimum atomic E-state index is -0.124. The summed E-state index contributed by atoms with van der Waals surface area (Å²) in [7, 11) is 0. The van der Waals surface area contributed by atoms with E-state index in [-0.39, 0.29) is 10.8 Å². The molecular weight excluding hydrogens is 808 g/mol. The molecule has 0 radical (unpaired) electrons. The highest BCUT2D eigenvalue weighted by Crippen LogP contribution is 2.51. The van der Waals surface area contributed by atoms with Gasteiger partial charge in [-0.3, -0.25) is 0 Å². The maximum Gasteiger partial charge on any atom is 0.210 e. The van der Waals surface area contributed by atoms with Crippen LogP contribution in [0.3, 0.4) is 0 Å². The van der Waals surface area contributed by atoms with Crippen LogP contribution in [0.25, 0.3) is 21.5 Å². The minimum Gasteiger partial charge on any atom is -0.344 e. The Hall–Kier alpha value is -3.88. The van der Waals surface area contributed by atoms with Gasteiger partial charge in [0, 0.05) is 52.5 Å². The Kier molecular flexibility index (Phi) is 17.9. The molecule has 3 heteroatoms. The van der Waals surface area contributed by atoms with Crippen LogP contribution in [0.1, 0.15) is 200 Å². The quantitative estimate of drug-likeness (QED) is 0.0475. The van der Waals surface area contributed by atoms with Crippen LogP contribution >= 0.6 is 11.6 Å². The molecule has 0 saturated heterocycles. The van der Waals surface area contributed by atoms with Gasteiger partial charge in [0.25, 0.3) is 0 Å². The lowest BCUT2D eigenvalue weighted by molar-refractivity contribution is -0.438. The number of hydrogen-bond acceptors (Lipinski definition) is 1. The minimum absolute atomic E-state index is 0.124. The first-order valence-electron chi connectivity index (χ1n) is 26.6. The summed E-state index contributed by atoms with van der Waals surface area (Å²) < 4.78 is 2.66. The average molecular weight is 893 g/mol. The number of anilines is 1. The van der Waals surface area contributed by atoms with Gasteiger partial charge in [-0.05, 0) is 102 Å². The summed E-state index contributed by atoms with van der Waals surface area (Å²) in [6.45, 7) is 16.5. The molecule has 3 aliphatic rings. The zero-order valence-electron chi connectivity index (χ0n) is 41.7. The van der Waals surface area contributed by atoms with Crippen LogP contribution in [0.15, 0.2) is 119 Å². The maximum atomic E-state index is 7.52. The summed E-state index contributed by atoms with van der Waals surface area (Å²) in [6.07, 6.45) is 39.9. The van der Waals surface area contributed by atoms with Crippen molar-refractivity contribution >= 4 is 50.2 Å². The van der Waals surface area contributed by atoms with Gasteiger partial charge in [-0.25, -0.2) is 0 Å². The van der Waals surface area contributed by atoms with Crippen molar-refractivity contribution in [3.63, 3.8) is 0 Å². The zero-order valence-corrected chi connectivity index (χ0v) is 42.4. The number of rotatable bonds is 25. The molecule has 0 unspecified atom stereocenters. The Morgan fingerprint density at radius 3 is 1.71 bits per heavy atom. The molecule has 0 atom stereocenters. The fourth-order valence-electron chi connectivity index (χ4n) is 11.6. The molecule has 4 aromatic rings. The lowest BCUT2D eigenvalue weighted by atomic mass is 9.78. The molecule has 0 bridgehead atoms. The van der Waals surface area contributed by atoms with Gasteiger partial charge >= 0.3 is 0 Å². The molecule has 2 aliphatic heterocycles. The van der Waals surface area contributed by atoms with Gasteiger partial charge < -0.3 is 4.90 Å². The molecule has 7 rings (SSSR count). The highest BCUT2D eigenvalue weighted by atomic mass is 35.5. The van der Waals surface area contributed by atoms with E-state index in [1.807, 2.05) is 0 Å². The number of allylic oxidation sites excluding steroid dienone is 8. The van der Waals surface area contributed by atoms with Crippen molar-refractivity contribution in [2.24, 2.45) is 0 Å². The third kappa shape index (κ3) is 11.6. The lowest BCUT2D eigenvalue weighted by Crippen LogP contribution is -2.28.